The minimum atomic E-state index is -4.69. The molecule has 2 N–H and O–H groups in total. The van der Waals surface area contributed by atoms with E-state index in [0.29, 0.717) is 5.56 Å². The molecular formula is C19H20F4N2O. The van der Waals surface area contributed by atoms with Gasteiger partial charge in [-0.2, -0.15) is 0 Å². The van der Waals surface area contributed by atoms with Crippen LogP contribution in [0.25, 0.3) is 0 Å². The molecule has 3 rings (SSSR count). The minimum absolute atomic E-state index is 0.179. The molecule has 0 saturated carbocycles. The Hall–Kier alpha value is -2.28. The second-order valence-electron chi connectivity index (χ2n) is 6.36. The van der Waals surface area contributed by atoms with Gasteiger partial charge in [0.1, 0.15) is 11.6 Å². The average molecular weight is 368 g/mol. The Balaban J connectivity index is 1.60. The van der Waals surface area contributed by atoms with E-state index in [0.717, 1.165) is 37.2 Å². The lowest BCUT2D eigenvalue weighted by Gasteiger charge is -2.34. The van der Waals surface area contributed by atoms with Gasteiger partial charge >= 0.3 is 6.36 Å². The van der Waals surface area contributed by atoms with Crippen molar-refractivity contribution in [3.8, 4) is 5.75 Å². The Morgan fingerprint density at radius 1 is 1.04 bits per heavy atom. The summed E-state index contributed by atoms with van der Waals surface area (Å²) in [7, 11) is 0. The predicted octanol–water partition coefficient (Wildman–Crippen LogP) is 4.57. The monoisotopic (exact) mass is 368 g/mol. The summed E-state index contributed by atoms with van der Waals surface area (Å²) < 4.78 is 54.4. The first-order valence-electron chi connectivity index (χ1n) is 8.45. The Bertz CT molecular complexity index is 738. The van der Waals surface area contributed by atoms with Gasteiger partial charge in [-0.05, 0) is 54.7 Å². The van der Waals surface area contributed by atoms with Gasteiger partial charge in [0.25, 0.3) is 0 Å². The van der Waals surface area contributed by atoms with Crippen LogP contribution in [0.3, 0.4) is 0 Å². The van der Waals surface area contributed by atoms with E-state index in [9.17, 15) is 17.6 Å². The Labute approximate surface area is 149 Å². The summed E-state index contributed by atoms with van der Waals surface area (Å²) in [6.07, 6.45) is -2.99. The molecule has 7 heteroatoms. The number of nitrogens with zero attached hydrogens (tertiary/aromatic N) is 1. The number of piperidine rings is 1. The first kappa shape index (κ1) is 18.5. The third-order valence-corrected chi connectivity index (χ3v) is 4.70. The van der Waals surface area contributed by atoms with Crippen LogP contribution in [0, 0.1) is 5.82 Å². The molecule has 0 atom stereocenters. The van der Waals surface area contributed by atoms with Crippen molar-refractivity contribution < 1.29 is 22.3 Å². The highest BCUT2D eigenvalue weighted by molar-refractivity contribution is 5.49. The highest BCUT2D eigenvalue weighted by Crippen LogP contribution is 2.32. The van der Waals surface area contributed by atoms with Crippen LogP contribution in [0.2, 0.25) is 0 Å². The second kappa shape index (κ2) is 7.53. The molecule has 0 unspecified atom stereocenters. The van der Waals surface area contributed by atoms with Gasteiger partial charge in [-0.25, -0.2) is 4.39 Å². The topological polar surface area (TPSA) is 38.5 Å². The molecule has 1 saturated heterocycles. The fraction of sp³-hybridized carbons (Fsp3) is 0.368. The number of halogens is 4. The van der Waals surface area contributed by atoms with Crippen molar-refractivity contribution in [1.82, 2.24) is 0 Å². The van der Waals surface area contributed by atoms with E-state index < -0.39 is 6.36 Å². The van der Waals surface area contributed by atoms with Crippen molar-refractivity contribution in [3.05, 3.63) is 59.4 Å². The molecule has 2 aromatic rings. The van der Waals surface area contributed by atoms with Crippen LogP contribution >= 0.6 is 0 Å². The maximum absolute atomic E-state index is 13.9. The lowest BCUT2D eigenvalue weighted by molar-refractivity contribution is -0.274. The number of ether oxygens (including phenoxy) is 1. The fourth-order valence-electron chi connectivity index (χ4n) is 3.31. The molecule has 2 aromatic carbocycles. The molecule has 0 amide bonds. The van der Waals surface area contributed by atoms with Gasteiger partial charge in [0.05, 0.1) is 0 Å². The van der Waals surface area contributed by atoms with Gasteiger partial charge in [-0.15, -0.1) is 13.2 Å². The van der Waals surface area contributed by atoms with Crippen molar-refractivity contribution in [2.45, 2.75) is 31.7 Å². The van der Waals surface area contributed by atoms with E-state index >= 15 is 0 Å². The van der Waals surface area contributed by atoms with E-state index in [-0.39, 0.29) is 24.0 Å². The summed E-state index contributed by atoms with van der Waals surface area (Å²) in [5.41, 5.74) is 7.81. The molecule has 0 spiro atoms. The Morgan fingerprint density at radius 3 is 2.23 bits per heavy atom. The lowest BCUT2D eigenvalue weighted by Crippen LogP contribution is -2.32. The molecular weight excluding hydrogens is 348 g/mol. The molecule has 0 radical (unpaired) electrons. The summed E-state index contributed by atoms with van der Waals surface area (Å²) in [6, 6.07) is 11.1. The summed E-state index contributed by atoms with van der Waals surface area (Å²) in [5.74, 6) is -0.236. The number of rotatable bonds is 4. The van der Waals surface area contributed by atoms with Crippen LogP contribution in [0.15, 0.2) is 42.5 Å². The highest BCUT2D eigenvalue weighted by Gasteiger charge is 2.31. The van der Waals surface area contributed by atoms with Gasteiger partial charge < -0.3 is 15.4 Å². The van der Waals surface area contributed by atoms with E-state index in [2.05, 4.69) is 9.64 Å². The average Bonchev–Trinajstić information content (AvgIpc) is 2.61. The van der Waals surface area contributed by atoms with Gasteiger partial charge in [0, 0.05) is 30.9 Å². The van der Waals surface area contributed by atoms with E-state index in [1.807, 2.05) is 6.07 Å². The number of nitrogens with two attached hydrogens (primary N) is 1. The zero-order valence-corrected chi connectivity index (χ0v) is 14.1. The summed E-state index contributed by atoms with van der Waals surface area (Å²) in [6.45, 7) is 1.69. The Kier molecular flexibility index (Phi) is 5.36. The largest absolute Gasteiger partial charge is 0.573 e. The minimum Gasteiger partial charge on any atom is -0.406 e. The van der Waals surface area contributed by atoms with E-state index in [1.54, 1.807) is 24.3 Å². The van der Waals surface area contributed by atoms with E-state index in [1.165, 1.54) is 12.1 Å². The second-order valence-corrected chi connectivity index (χ2v) is 6.36. The summed E-state index contributed by atoms with van der Waals surface area (Å²) >= 11 is 0. The number of hydrogen-bond acceptors (Lipinski definition) is 3. The normalized spacial score (nSPS) is 16.0. The maximum atomic E-state index is 13.9. The van der Waals surface area contributed by atoms with Gasteiger partial charge in [-0.1, -0.05) is 12.1 Å². The lowest BCUT2D eigenvalue weighted by atomic mass is 9.88. The molecule has 0 aliphatic carbocycles. The molecule has 1 aliphatic rings. The van der Waals surface area contributed by atoms with E-state index in [4.69, 9.17) is 5.73 Å². The third kappa shape index (κ3) is 4.46. The van der Waals surface area contributed by atoms with Crippen LogP contribution in [0.1, 0.15) is 29.9 Å². The zero-order valence-electron chi connectivity index (χ0n) is 14.1. The first-order chi connectivity index (χ1) is 12.4. The molecule has 3 nitrogen and oxygen atoms in total. The Morgan fingerprint density at radius 2 is 1.69 bits per heavy atom. The highest BCUT2D eigenvalue weighted by atomic mass is 19.4. The van der Waals surface area contributed by atoms with Crippen LogP contribution in [-0.4, -0.2) is 19.5 Å². The molecule has 1 fully saturated rings. The molecule has 1 heterocycles. The van der Waals surface area contributed by atoms with Crippen molar-refractivity contribution in [1.29, 1.82) is 0 Å². The summed E-state index contributed by atoms with van der Waals surface area (Å²) in [5, 5.41) is 0. The molecule has 1 aliphatic heterocycles. The van der Waals surface area contributed by atoms with Gasteiger partial charge in [0.15, 0.2) is 0 Å². The first-order valence-corrected chi connectivity index (χ1v) is 8.45. The van der Waals surface area contributed by atoms with Gasteiger partial charge in [-0.3, -0.25) is 0 Å². The van der Waals surface area contributed by atoms with Crippen LogP contribution in [0.5, 0.6) is 5.75 Å². The van der Waals surface area contributed by atoms with Crippen LogP contribution in [0.4, 0.5) is 23.2 Å². The van der Waals surface area contributed by atoms with Crippen molar-refractivity contribution in [3.63, 3.8) is 0 Å². The van der Waals surface area contributed by atoms with Crippen molar-refractivity contribution in [2.75, 3.05) is 18.0 Å². The quantitative estimate of drug-likeness (QED) is 0.804. The molecule has 140 valence electrons. The number of anilines is 1. The standard InChI is InChI=1S/C19H20F4N2O/c20-18-11-14(1-2-15(18)12-24)13-7-9-25(10-8-13)16-3-5-17(6-4-16)26-19(21,22)23/h1-6,11,13H,7-10,12,24H2. The van der Waals surface area contributed by atoms with Crippen LogP contribution in [-0.2, 0) is 6.54 Å². The smallest absolute Gasteiger partial charge is 0.406 e. The van der Waals surface area contributed by atoms with Crippen molar-refractivity contribution >= 4 is 5.69 Å². The SMILES string of the molecule is NCc1ccc(C2CCN(c3ccc(OC(F)(F)F)cc3)CC2)cc1F. The third-order valence-electron chi connectivity index (χ3n) is 4.70. The zero-order chi connectivity index (χ0) is 18.7. The van der Waals surface area contributed by atoms with Crippen molar-refractivity contribution in [2.24, 2.45) is 5.73 Å². The molecule has 0 aromatic heterocycles. The summed E-state index contributed by atoms with van der Waals surface area (Å²) in [4.78, 5) is 2.11. The number of alkyl halides is 3. The number of hydrogen-bond donors (Lipinski definition) is 1. The number of benzene rings is 2. The van der Waals surface area contributed by atoms with Crippen LogP contribution < -0.4 is 15.4 Å². The molecule has 26 heavy (non-hydrogen) atoms. The predicted molar refractivity (Wildman–Crippen MR) is 91.6 cm³/mol. The molecule has 0 bridgehead atoms. The fourth-order valence-corrected chi connectivity index (χ4v) is 3.31. The van der Waals surface area contributed by atoms with Gasteiger partial charge in [0.2, 0.25) is 0 Å². The maximum Gasteiger partial charge on any atom is 0.573 e.